The molecule has 3 heterocycles. The summed E-state index contributed by atoms with van der Waals surface area (Å²) in [6, 6.07) is 3.15. The van der Waals surface area contributed by atoms with Crippen LogP contribution < -0.4 is 9.21 Å². The van der Waals surface area contributed by atoms with Gasteiger partial charge in [-0.3, -0.25) is 4.55 Å². The normalized spacial score (nSPS) is 15.8. The molecule has 1 saturated heterocycles. The number of carboxylic acid groups (broad SMARTS) is 1. The molecule has 0 unspecified atom stereocenters. The van der Waals surface area contributed by atoms with E-state index in [0.717, 1.165) is 37.5 Å². The Bertz CT molecular complexity index is 891. The van der Waals surface area contributed by atoms with E-state index in [9.17, 15) is 17.8 Å². The van der Waals surface area contributed by atoms with Crippen LogP contribution in [0.3, 0.4) is 0 Å². The summed E-state index contributed by atoms with van der Waals surface area (Å²) in [7, 11) is -2.66. The van der Waals surface area contributed by atoms with Crippen LogP contribution >= 0.6 is 11.3 Å². The number of pyridine rings is 1. The smallest absolute Gasteiger partial charge is 0.366 e. The van der Waals surface area contributed by atoms with Gasteiger partial charge in [-0.2, -0.15) is 12.7 Å². The van der Waals surface area contributed by atoms with E-state index >= 15 is 0 Å². The summed E-state index contributed by atoms with van der Waals surface area (Å²) in [5.41, 5.74) is -0.239. The first-order valence-corrected chi connectivity index (χ1v) is 9.89. The minimum absolute atomic E-state index is 0.0664. The van der Waals surface area contributed by atoms with Crippen LogP contribution in [0.4, 0.5) is 16.6 Å². The monoisotopic (exact) mass is 399 g/mol. The van der Waals surface area contributed by atoms with E-state index in [1.807, 2.05) is 7.05 Å². The van der Waals surface area contributed by atoms with Gasteiger partial charge >= 0.3 is 16.3 Å². The molecule has 26 heavy (non-hydrogen) atoms. The van der Waals surface area contributed by atoms with Crippen LogP contribution in [0.15, 0.2) is 23.7 Å². The molecule has 2 aromatic rings. The summed E-state index contributed by atoms with van der Waals surface area (Å²) in [5, 5.41) is 9.96. The van der Waals surface area contributed by atoms with Gasteiger partial charge in [0.15, 0.2) is 5.69 Å². The standard InChI is InChI=1S/C14H17N5O5S2/c1-17-4-6-18(7-5-17)12-3-2-10(8-15-12)19(26(22,23)24)14-16-11(9-25-14)13(20)21/h2-3,8-9H,4-7H2,1H3,(H,20,21)(H,22,23,24). The van der Waals surface area contributed by atoms with Crippen molar-refractivity contribution in [3.05, 3.63) is 29.4 Å². The Morgan fingerprint density at radius 3 is 2.46 bits per heavy atom. The Labute approximate surface area is 154 Å². The Balaban J connectivity index is 1.89. The number of thiazole rings is 1. The molecular formula is C14H17N5O5S2. The number of carbonyl (C=O) groups is 1. The number of likely N-dealkylation sites (N-methyl/N-ethyl adjacent to an activating group) is 1. The average molecular weight is 399 g/mol. The van der Waals surface area contributed by atoms with Crippen molar-refractivity contribution in [3.8, 4) is 0 Å². The first-order valence-electron chi connectivity index (χ1n) is 7.62. The third kappa shape index (κ3) is 3.93. The fourth-order valence-corrected chi connectivity index (χ4v) is 4.27. The number of piperazine rings is 1. The molecule has 0 amide bonds. The number of aromatic nitrogens is 2. The van der Waals surface area contributed by atoms with Crippen LogP contribution in [0.25, 0.3) is 0 Å². The average Bonchev–Trinajstić information content (AvgIpc) is 3.05. The largest absolute Gasteiger partial charge is 0.476 e. The van der Waals surface area contributed by atoms with Crippen molar-refractivity contribution in [2.75, 3.05) is 42.4 Å². The number of hydrogen-bond donors (Lipinski definition) is 2. The number of anilines is 3. The topological polar surface area (TPSA) is 127 Å². The number of hydrogen-bond acceptors (Lipinski definition) is 8. The maximum absolute atomic E-state index is 11.8. The molecule has 1 aliphatic heterocycles. The van der Waals surface area contributed by atoms with Crippen LogP contribution in [0.5, 0.6) is 0 Å². The highest BCUT2D eigenvalue weighted by Gasteiger charge is 2.27. The minimum Gasteiger partial charge on any atom is -0.476 e. The van der Waals surface area contributed by atoms with Crippen LogP contribution in [-0.4, -0.2) is 72.1 Å². The lowest BCUT2D eigenvalue weighted by Crippen LogP contribution is -2.44. The van der Waals surface area contributed by atoms with E-state index in [2.05, 4.69) is 19.8 Å². The Morgan fingerprint density at radius 2 is 1.96 bits per heavy atom. The summed E-state index contributed by atoms with van der Waals surface area (Å²) in [6.45, 7) is 3.41. The molecule has 1 fully saturated rings. The summed E-state index contributed by atoms with van der Waals surface area (Å²) in [5.74, 6) is -0.589. The predicted octanol–water partition coefficient (Wildman–Crippen LogP) is 0.929. The maximum atomic E-state index is 11.8. The molecule has 140 valence electrons. The lowest BCUT2D eigenvalue weighted by molar-refractivity contribution is 0.0691. The lowest BCUT2D eigenvalue weighted by Gasteiger charge is -2.33. The number of rotatable bonds is 5. The molecule has 12 heteroatoms. The number of aromatic carboxylic acids is 1. The van der Waals surface area contributed by atoms with Gasteiger partial charge in [-0.1, -0.05) is 0 Å². The van der Waals surface area contributed by atoms with Crippen LogP contribution in [0.2, 0.25) is 0 Å². The molecule has 0 bridgehead atoms. The third-order valence-electron chi connectivity index (χ3n) is 3.91. The van der Waals surface area contributed by atoms with Gasteiger partial charge in [0.1, 0.15) is 5.82 Å². The van der Waals surface area contributed by atoms with E-state index in [0.29, 0.717) is 10.1 Å². The van der Waals surface area contributed by atoms with Crippen molar-refractivity contribution < 1.29 is 22.9 Å². The van der Waals surface area contributed by atoms with Gasteiger partial charge in [-0.15, -0.1) is 11.3 Å². The molecule has 3 rings (SSSR count). The molecular weight excluding hydrogens is 382 g/mol. The van der Waals surface area contributed by atoms with Crippen molar-refractivity contribution in [1.29, 1.82) is 0 Å². The van der Waals surface area contributed by atoms with E-state index in [1.54, 1.807) is 6.07 Å². The fourth-order valence-electron chi connectivity index (χ4n) is 2.52. The zero-order valence-corrected chi connectivity index (χ0v) is 15.4. The van der Waals surface area contributed by atoms with Gasteiger partial charge in [0.25, 0.3) is 0 Å². The van der Waals surface area contributed by atoms with Crippen molar-refractivity contribution in [1.82, 2.24) is 14.9 Å². The second-order valence-electron chi connectivity index (χ2n) is 5.73. The van der Waals surface area contributed by atoms with Crippen molar-refractivity contribution in [2.45, 2.75) is 0 Å². The Morgan fingerprint density at radius 1 is 1.27 bits per heavy atom. The number of carboxylic acids is 1. The zero-order valence-electron chi connectivity index (χ0n) is 13.8. The molecule has 10 nitrogen and oxygen atoms in total. The van der Waals surface area contributed by atoms with E-state index < -0.39 is 16.3 Å². The molecule has 0 radical (unpaired) electrons. The SMILES string of the molecule is CN1CCN(c2ccc(N(c3nc(C(=O)O)cs3)S(=O)(=O)O)cn2)CC1. The molecule has 1 aliphatic rings. The van der Waals surface area contributed by atoms with Gasteiger partial charge < -0.3 is 14.9 Å². The second kappa shape index (κ2) is 7.15. The summed E-state index contributed by atoms with van der Waals surface area (Å²) < 4.78 is 33.7. The van der Waals surface area contributed by atoms with Crippen molar-refractivity contribution in [2.24, 2.45) is 0 Å². The first kappa shape index (κ1) is 18.5. The highest BCUT2D eigenvalue weighted by Crippen LogP contribution is 2.31. The summed E-state index contributed by atoms with van der Waals surface area (Å²) in [4.78, 5) is 23.3. The molecule has 0 aliphatic carbocycles. The molecule has 2 aromatic heterocycles. The van der Waals surface area contributed by atoms with Gasteiger partial charge in [0, 0.05) is 31.6 Å². The predicted molar refractivity (Wildman–Crippen MR) is 96.7 cm³/mol. The van der Waals surface area contributed by atoms with Crippen LogP contribution in [0, 0.1) is 0 Å². The molecule has 0 aromatic carbocycles. The van der Waals surface area contributed by atoms with E-state index in [4.69, 9.17) is 5.11 Å². The maximum Gasteiger partial charge on any atom is 0.366 e. The second-order valence-corrected chi connectivity index (χ2v) is 7.82. The van der Waals surface area contributed by atoms with Crippen LogP contribution in [-0.2, 0) is 10.3 Å². The molecule has 0 spiro atoms. The Kier molecular flexibility index (Phi) is 5.09. The fraction of sp³-hybridized carbons (Fsp3) is 0.357. The molecule has 0 atom stereocenters. The van der Waals surface area contributed by atoms with Crippen LogP contribution in [0.1, 0.15) is 10.5 Å². The van der Waals surface area contributed by atoms with Gasteiger partial charge in [0.05, 0.1) is 11.9 Å². The quantitative estimate of drug-likeness (QED) is 0.706. The highest BCUT2D eigenvalue weighted by molar-refractivity contribution is 7.87. The van der Waals surface area contributed by atoms with E-state index in [-0.39, 0.29) is 16.5 Å². The van der Waals surface area contributed by atoms with Gasteiger partial charge in [0.2, 0.25) is 5.13 Å². The number of nitrogens with zero attached hydrogens (tertiary/aromatic N) is 5. The summed E-state index contributed by atoms with van der Waals surface area (Å²) >= 11 is 0.791. The van der Waals surface area contributed by atoms with Crippen molar-refractivity contribution in [3.63, 3.8) is 0 Å². The lowest BCUT2D eigenvalue weighted by atomic mass is 10.3. The van der Waals surface area contributed by atoms with Crippen molar-refractivity contribution >= 4 is 44.2 Å². The highest BCUT2D eigenvalue weighted by atomic mass is 32.2. The Hall–Kier alpha value is -2.28. The molecule has 0 saturated carbocycles. The summed E-state index contributed by atoms with van der Waals surface area (Å²) in [6.07, 6.45) is 1.31. The minimum atomic E-state index is -4.70. The molecule has 2 N–H and O–H groups in total. The third-order valence-corrected chi connectivity index (χ3v) is 5.70. The van der Waals surface area contributed by atoms with Gasteiger partial charge in [-0.05, 0) is 19.2 Å². The van der Waals surface area contributed by atoms with E-state index in [1.165, 1.54) is 17.6 Å². The first-order chi connectivity index (χ1) is 12.3. The van der Waals surface area contributed by atoms with Gasteiger partial charge in [-0.25, -0.2) is 14.8 Å². The zero-order chi connectivity index (χ0) is 18.9.